The van der Waals surface area contributed by atoms with E-state index in [4.69, 9.17) is 14.6 Å². The lowest BCUT2D eigenvalue weighted by molar-refractivity contribution is -0.385. The Morgan fingerprint density at radius 1 is 1.00 bits per heavy atom. The minimum Gasteiger partial charge on any atom is -0.477 e. The second-order valence-electron chi connectivity index (χ2n) is 9.35. The summed E-state index contributed by atoms with van der Waals surface area (Å²) in [5.41, 5.74) is -0.818. The van der Waals surface area contributed by atoms with Crippen molar-refractivity contribution >= 4 is 35.8 Å². The van der Waals surface area contributed by atoms with Gasteiger partial charge in [-0.05, 0) is 56.7 Å². The predicted molar refractivity (Wildman–Crippen MR) is 145 cm³/mol. The minimum absolute atomic E-state index is 0.0673. The predicted octanol–water partition coefficient (Wildman–Crippen LogP) is 3.70. The Kier molecular flexibility index (Phi) is 11.6. The average molecular weight is 557 g/mol. The van der Waals surface area contributed by atoms with E-state index in [1.54, 1.807) is 51.1 Å². The van der Waals surface area contributed by atoms with Gasteiger partial charge in [-0.3, -0.25) is 14.9 Å². The van der Waals surface area contributed by atoms with Gasteiger partial charge in [-0.25, -0.2) is 14.4 Å². The number of nitrogens with one attached hydrogen (secondary N) is 2. The van der Waals surface area contributed by atoms with Crippen molar-refractivity contribution in [3.63, 3.8) is 0 Å². The molecule has 2 rings (SSSR count). The third-order valence-corrected chi connectivity index (χ3v) is 5.08. The molecular formula is C27H32N4O9. The lowest BCUT2D eigenvalue weighted by Gasteiger charge is -2.24. The summed E-state index contributed by atoms with van der Waals surface area (Å²) in [5.74, 6) is -1.72. The molecule has 0 atom stereocenters. The van der Waals surface area contributed by atoms with Gasteiger partial charge < -0.3 is 30.1 Å². The number of benzene rings is 2. The number of amides is 3. The number of nitrogens with zero attached hydrogens (tertiary/aromatic N) is 2. The molecule has 214 valence electrons. The first-order chi connectivity index (χ1) is 18.9. The molecule has 0 fully saturated rings. The first-order valence-electron chi connectivity index (χ1n) is 12.3. The number of carbonyl (C=O) groups excluding carboxylic acids is 3. The second kappa shape index (κ2) is 14.9. The van der Waals surface area contributed by atoms with Crippen LogP contribution < -0.4 is 10.6 Å². The largest absolute Gasteiger partial charge is 0.477 e. The summed E-state index contributed by atoms with van der Waals surface area (Å²) in [6, 6.07) is 12.2. The number of carboxylic acid groups (broad SMARTS) is 1. The van der Waals surface area contributed by atoms with Gasteiger partial charge in [0.25, 0.3) is 11.6 Å². The molecule has 0 spiro atoms. The Labute approximate surface area is 230 Å². The molecule has 0 radical (unpaired) electrons. The number of alkyl carbamates (subject to hydrolysis) is 2. The van der Waals surface area contributed by atoms with Crippen LogP contribution in [0.25, 0.3) is 6.08 Å². The first kappa shape index (κ1) is 31.3. The van der Waals surface area contributed by atoms with E-state index in [1.807, 2.05) is 0 Å². The number of rotatable bonds is 12. The molecule has 0 saturated heterocycles. The summed E-state index contributed by atoms with van der Waals surface area (Å²) in [7, 11) is 0. The van der Waals surface area contributed by atoms with Crippen LogP contribution in [-0.4, -0.2) is 77.4 Å². The molecule has 0 saturated carbocycles. The van der Waals surface area contributed by atoms with Crippen molar-refractivity contribution in [2.75, 3.05) is 32.8 Å². The van der Waals surface area contributed by atoms with E-state index in [2.05, 4.69) is 10.6 Å². The van der Waals surface area contributed by atoms with Crippen molar-refractivity contribution in [1.29, 1.82) is 0 Å². The van der Waals surface area contributed by atoms with Crippen LogP contribution in [0.1, 0.15) is 47.1 Å². The number of carbonyl (C=O) groups is 4. The Hall–Kier alpha value is -4.94. The molecule has 0 unspecified atom stereocenters. The summed E-state index contributed by atoms with van der Waals surface area (Å²) >= 11 is 0. The molecular weight excluding hydrogens is 524 g/mol. The quantitative estimate of drug-likeness (QED) is 0.260. The number of nitro benzene ring substituents is 1. The maximum Gasteiger partial charge on any atom is 0.407 e. The topological polar surface area (TPSA) is 177 Å². The molecule has 0 aliphatic rings. The third-order valence-electron chi connectivity index (χ3n) is 5.08. The highest BCUT2D eigenvalue weighted by molar-refractivity contribution is 5.94. The molecule has 0 aliphatic heterocycles. The van der Waals surface area contributed by atoms with Crippen molar-refractivity contribution in [2.24, 2.45) is 0 Å². The molecule has 13 heteroatoms. The summed E-state index contributed by atoms with van der Waals surface area (Å²) in [6.07, 6.45) is 1.54. The number of ether oxygens (including phenoxy) is 2. The number of hydrogen-bond donors (Lipinski definition) is 3. The zero-order chi connectivity index (χ0) is 29.7. The fourth-order valence-electron chi connectivity index (χ4n) is 3.33. The van der Waals surface area contributed by atoms with Gasteiger partial charge in [0, 0.05) is 37.8 Å². The van der Waals surface area contributed by atoms with Gasteiger partial charge in [0.2, 0.25) is 0 Å². The van der Waals surface area contributed by atoms with Gasteiger partial charge in [0.1, 0.15) is 17.8 Å². The van der Waals surface area contributed by atoms with E-state index in [1.165, 1.54) is 23.1 Å². The fourth-order valence-corrected chi connectivity index (χ4v) is 3.33. The van der Waals surface area contributed by atoms with E-state index in [0.29, 0.717) is 11.1 Å². The van der Waals surface area contributed by atoms with Gasteiger partial charge in [0.05, 0.1) is 4.92 Å². The lowest BCUT2D eigenvalue weighted by Crippen LogP contribution is -2.43. The SMILES string of the molecule is CC(C)(C)OC(=O)NCCN(CCNC(=O)OCC=Cc1ccc([N+](=O)[O-])c(C(=O)O)c1)C(=O)c1ccccc1. The lowest BCUT2D eigenvalue weighted by atomic mass is 10.1. The Balaban J connectivity index is 1.87. The van der Waals surface area contributed by atoms with Crippen LogP contribution in [0.3, 0.4) is 0 Å². The Morgan fingerprint density at radius 3 is 2.20 bits per heavy atom. The van der Waals surface area contributed by atoms with Crippen molar-refractivity contribution in [3.8, 4) is 0 Å². The van der Waals surface area contributed by atoms with Gasteiger partial charge in [-0.15, -0.1) is 0 Å². The van der Waals surface area contributed by atoms with Crippen LogP contribution in [0.15, 0.2) is 54.6 Å². The number of hydrogen-bond acceptors (Lipinski definition) is 8. The van der Waals surface area contributed by atoms with E-state index in [0.717, 1.165) is 12.1 Å². The third kappa shape index (κ3) is 10.8. The highest BCUT2D eigenvalue weighted by atomic mass is 16.6. The summed E-state index contributed by atoms with van der Waals surface area (Å²) in [5, 5.41) is 25.3. The molecule has 0 bridgehead atoms. The molecule has 3 amide bonds. The molecule has 40 heavy (non-hydrogen) atoms. The summed E-state index contributed by atoms with van der Waals surface area (Å²) in [6.45, 7) is 5.57. The van der Waals surface area contributed by atoms with E-state index in [-0.39, 0.29) is 38.7 Å². The summed E-state index contributed by atoms with van der Waals surface area (Å²) in [4.78, 5) is 59.8. The molecule has 3 N–H and O–H groups in total. The zero-order valence-electron chi connectivity index (χ0n) is 22.4. The van der Waals surface area contributed by atoms with E-state index in [9.17, 15) is 29.3 Å². The van der Waals surface area contributed by atoms with Crippen LogP contribution in [0, 0.1) is 10.1 Å². The maximum atomic E-state index is 12.9. The number of carboxylic acids is 1. The highest BCUT2D eigenvalue weighted by Gasteiger charge is 2.20. The van der Waals surface area contributed by atoms with Crippen LogP contribution >= 0.6 is 0 Å². The average Bonchev–Trinajstić information content (AvgIpc) is 2.89. The first-order valence-corrected chi connectivity index (χ1v) is 12.3. The second-order valence-corrected chi connectivity index (χ2v) is 9.35. The van der Waals surface area contributed by atoms with Crippen molar-refractivity contribution < 1.29 is 38.7 Å². The van der Waals surface area contributed by atoms with E-state index < -0.39 is 39.9 Å². The van der Waals surface area contributed by atoms with Gasteiger partial charge >= 0.3 is 18.2 Å². The number of nitro groups is 1. The zero-order valence-corrected chi connectivity index (χ0v) is 22.4. The standard InChI is InChI=1S/C27H32N4O9/c1-27(2,3)40-26(36)29-14-16-30(23(32)20-9-5-4-6-10-20)15-13-28-25(35)39-17-7-8-19-11-12-22(31(37)38)21(18-19)24(33)34/h4-12,18H,13-17H2,1-3H3,(H,28,35)(H,29,36)(H,33,34). The highest BCUT2D eigenvalue weighted by Crippen LogP contribution is 2.20. The van der Waals surface area contributed by atoms with Gasteiger partial charge in [-0.1, -0.05) is 24.3 Å². The monoisotopic (exact) mass is 556 g/mol. The normalized spacial score (nSPS) is 11.0. The van der Waals surface area contributed by atoms with Gasteiger partial charge in [-0.2, -0.15) is 0 Å². The molecule has 0 heterocycles. The Morgan fingerprint density at radius 2 is 1.62 bits per heavy atom. The Bertz CT molecular complexity index is 1240. The summed E-state index contributed by atoms with van der Waals surface area (Å²) < 4.78 is 10.2. The van der Waals surface area contributed by atoms with Gasteiger partial charge in [0.15, 0.2) is 0 Å². The van der Waals surface area contributed by atoms with Crippen LogP contribution in [0.4, 0.5) is 15.3 Å². The minimum atomic E-state index is -1.43. The van der Waals surface area contributed by atoms with Crippen molar-refractivity contribution in [2.45, 2.75) is 26.4 Å². The molecule has 0 aromatic heterocycles. The van der Waals surface area contributed by atoms with Crippen LogP contribution in [-0.2, 0) is 9.47 Å². The maximum absolute atomic E-state index is 12.9. The van der Waals surface area contributed by atoms with Crippen LogP contribution in [0.2, 0.25) is 0 Å². The smallest absolute Gasteiger partial charge is 0.407 e. The fraction of sp³-hybridized carbons (Fsp3) is 0.333. The molecule has 0 aliphatic carbocycles. The van der Waals surface area contributed by atoms with Crippen molar-refractivity contribution in [1.82, 2.24) is 15.5 Å². The number of aromatic carboxylic acids is 1. The van der Waals surface area contributed by atoms with Crippen LogP contribution in [0.5, 0.6) is 0 Å². The molecule has 2 aromatic rings. The van der Waals surface area contributed by atoms with Crippen molar-refractivity contribution in [3.05, 3.63) is 81.4 Å². The molecule has 13 nitrogen and oxygen atoms in total. The van der Waals surface area contributed by atoms with E-state index >= 15 is 0 Å². The molecule has 2 aromatic carbocycles.